The van der Waals surface area contributed by atoms with Gasteiger partial charge in [0, 0.05) is 49.6 Å². The quantitative estimate of drug-likeness (QED) is 0.614. The summed E-state index contributed by atoms with van der Waals surface area (Å²) in [6.45, 7) is 7.37. The van der Waals surface area contributed by atoms with Gasteiger partial charge in [-0.2, -0.15) is 0 Å². The van der Waals surface area contributed by atoms with E-state index in [-0.39, 0.29) is 12.1 Å². The van der Waals surface area contributed by atoms with Gasteiger partial charge < -0.3 is 19.7 Å². The van der Waals surface area contributed by atoms with Crippen LogP contribution in [-0.2, 0) is 0 Å². The SMILES string of the molecule is CCN1C(=S)N[C@@H](c2ccccn2)[C@@H]1c1cc(C)n(-c2ccc(N(C)C)cc2)c1C. The van der Waals surface area contributed by atoms with Crippen molar-refractivity contribution in [1.29, 1.82) is 0 Å². The van der Waals surface area contributed by atoms with E-state index in [4.69, 9.17) is 12.2 Å². The van der Waals surface area contributed by atoms with E-state index in [1.54, 1.807) is 0 Å². The van der Waals surface area contributed by atoms with Crippen LogP contribution in [-0.4, -0.2) is 40.2 Å². The highest BCUT2D eigenvalue weighted by atomic mass is 32.1. The topological polar surface area (TPSA) is 36.3 Å². The van der Waals surface area contributed by atoms with E-state index < -0.39 is 0 Å². The Balaban J connectivity index is 1.79. The van der Waals surface area contributed by atoms with Gasteiger partial charge in [-0.25, -0.2) is 0 Å². The van der Waals surface area contributed by atoms with Crippen molar-refractivity contribution in [1.82, 2.24) is 19.8 Å². The summed E-state index contributed by atoms with van der Waals surface area (Å²) in [6.07, 6.45) is 1.85. The van der Waals surface area contributed by atoms with Crippen LogP contribution < -0.4 is 10.2 Å². The van der Waals surface area contributed by atoms with Crippen LogP contribution in [0.25, 0.3) is 5.69 Å². The third kappa shape index (κ3) is 3.45. The molecule has 1 saturated heterocycles. The summed E-state index contributed by atoms with van der Waals surface area (Å²) in [5.74, 6) is 0. The van der Waals surface area contributed by atoms with Crippen molar-refractivity contribution < 1.29 is 0 Å². The number of anilines is 1. The molecule has 0 saturated carbocycles. The fourth-order valence-corrected chi connectivity index (χ4v) is 4.84. The number of aryl methyl sites for hydroxylation is 1. The summed E-state index contributed by atoms with van der Waals surface area (Å²) in [6, 6.07) is 17.2. The number of pyridine rings is 1. The zero-order valence-electron chi connectivity index (χ0n) is 18.3. The fraction of sp³-hybridized carbons (Fsp3) is 0.333. The van der Waals surface area contributed by atoms with Crippen molar-refractivity contribution >= 4 is 23.0 Å². The third-order valence-electron chi connectivity index (χ3n) is 5.95. The first-order valence-electron chi connectivity index (χ1n) is 10.4. The monoisotopic (exact) mass is 419 g/mol. The lowest BCUT2D eigenvalue weighted by Crippen LogP contribution is -2.29. The highest BCUT2D eigenvalue weighted by molar-refractivity contribution is 7.80. The highest BCUT2D eigenvalue weighted by Gasteiger charge is 2.40. The number of nitrogens with one attached hydrogen (secondary N) is 1. The Bertz CT molecular complexity index is 1040. The van der Waals surface area contributed by atoms with Gasteiger partial charge in [-0.3, -0.25) is 4.98 Å². The molecule has 4 rings (SSSR count). The summed E-state index contributed by atoms with van der Waals surface area (Å²) in [7, 11) is 4.12. The van der Waals surface area contributed by atoms with Crippen LogP contribution in [0.4, 0.5) is 5.69 Å². The average Bonchev–Trinajstić information content (AvgIpc) is 3.23. The van der Waals surface area contributed by atoms with Gasteiger partial charge in [0.15, 0.2) is 5.11 Å². The van der Waals surface area contributed by atoms with Crippen LogP contribution in [0.1, 0.15) is 41.7 Å². The largest absolute Gasteiger partial charge is 0.378 e. The normalized spacial score (nSPS) is 18.6. The van der Waals surface area contributed by atoms with Gasteiger partial charge in [0.2, 0.25) is 0 Å². The van der Waals surface area contributed by atoms with Gasteiger partial charge in [0.05, 0.1) is 17.8 Å². The van der Waals surface area contributed by atoms with Gasteiger partial charge in [-0.1, -0.05) is 6.07 Å². The molecule has 2 aromatic heterocycles. The first-order chi connectivity index (χ1) is 14.4. The van der Waals surface area contributed by atoms with E-state index in [0.717, 1.165) is 17.4 Å². The number of aromatic nitrogens is 2. The molecular weight excluding hydrogens is 390 g/mol. The molecule has 0 unspecified atom stereocenters. The second kappa shape index (κ2) is 8.11. The van der Waals surface area contributed by atoms with Gasteiger partial charge in [-0.05, 0) is 81.0 Å². The van der Waals surface area contributed by atoms with Crippen molar-refractivity contribution in [2.24, 2.45) is 0 Å². The van der Waals surface area contributed by atoms with Crippen LogP contribution in [0, 0.1) is 13.8 Å². The van der Waals surface area contributed by atoms with E-state index >= 15 is 0 Å². The van der Waals surface area contributed by atoms with Gasteiger partial charge in [0.25, 0.3) is 0 Å². The predicted molar refractivity (Wildman–Crippen MR) is 127 cm³/mol. The number of thiocarbonyl (C=S) groups is 1. The molecule has 0 bridgehead atoms. The second-order valence-electron chi connectivity index (χ2n) is 7.99. The zero-order chi connectivity index (χ0) is 21.4. The number of likely N-dealkylation sites (N-methyl/N-ethyl adjacent to an activating group) is 1. The lowest BCUT2D eigenvalue weighted by atomic mass is 9.97. The molecular formula is C24H29N5S. The van der Waals surface area contributed by atoms with Crippen LogP contribution in [0.15, 0.2) is 54.7 Å². The Hall–Kier alpha value is -2.86. The minimum Gasteiger partial charge on any atom is -0.378 e. The Labute approximate surface area is 184 Å². The Morgan fingerprint density at radius 2 is 1.83 bits per heavy atom. The summed E-state index contributed by atoms with van der Waals surface area (Å²) >= 11 is 5.68. The molecule has 30 heavy (non-hydrogen) atoms. The van der Waals surface area contributed by atoms with Gasteiger partial charge in [0.1, 0.15) is 0 Å². The molecule has 0 aliphatic carbocycles. The van der Waals surface area contributed by atoms with Crippen LogP contribution in [0.2, 0.25) is 0 Å². The molecule has 1 aliphatic rings. The zero-order valence-corrected chi connectivity index (χ0v) is 19.1. The maximum absolute atomic E-state index is 5.68. The van der Waals surface area contributed by atoms with Crippen molar-refractivity contribution in [3.8, 4) is 5.69 Å². The number of hydrogen-bond donors (Lipinski definition) is 1. The van der Waals surface area contributed by atoms with Crippen LogP contribution in [0.5, 0.6) is 0 Å². The highest BCUT2D eigenvalue weighted by Crippen LogP contribution is 2.41. The fourth-order valence-electron chi connectivity index (χ4n) is 4.47. The standard InChI is InChI=1S/C24H29N5S/c1-6-28-23(22(26-24(28)30)21-9-7-8-14-25-21)20-15-16(2)29(17(20)3)19-12-10-18(11-13-19)27(4)5/h7-15,22-23H,6H2,1-5H3,(H,26,30)/t22-,23-/m0/s1. The summed E-state index contributed by atoms with van der Waals surface area (Å²) in [5, 5.41) is 4.31. The number of rotatable bonds is 5. The molecule has 0 amide bonds. The second-order valence-corrected chi connectivity index (χ2v) is 8.37. The summed E-state index contributed by atoms with van der Waals surface area (Å²) < 4.78 is 2.33. The van der Waals surface area contributed by atoms with E-state index in [1.165, 1.54) is 28.3 Å². The van der Waals surface area contributed by atoms with Crippen molar-refractivity contribution in [2.75, 3.05) is 25.5 Å². The van der Waals surface area contributed by atoms with Crippen molar-refractivity contribution in [3.05, 3.63) is 77.4 Å². The smallest absolute Gasteiger partial charge is 0.170 e. The van der Waals surface area contributed by atoms with Crippen LogP contribution in [0.3, 0.4) is 0 Å². The molecule has 6 heteroatoms. The summed E-state index contributed by atoms with van der Waals surface area (Å²) in [5.41, 5.74) is 7.12. The maximum atomic E-state index is 5.68. The number of hydrogen-bond acceptors (Lipinski definition) is 3. The molecule has 1 N–H and O–H groups in total. The number of benzene rings is 1. The minimum atomic E-state index is 0.0312. The molecule has 0 spiro atoms. The first-order valence-corrected chi connectivity index (χ1v) is 10.8. The van der Waals surface area contributed by atoms with E-state index in [9.17, 15) is 0 Å². The number of nitrogens with zero attached hydrogens (tertiary/aromatic N) is 4. The van der Waals surface area contributed by atoms with E-state index in [2.05, 4.69) is 95.9 Å². The lowest BCUT2D eigenvalue weighted by molar-refractivity contribution is 0.329. The minimum absolute atomic E-state index is 0.0312. The van der Waals surface area contributed by atoms with Gasteiger partial charge in [-0.15, -0.1) is 0 Å². The molecule has 3 aromatic rings. The van der Waals surface area contributed by atoms with Crippen molar-refractivity contribution in [2.45, 2.75) is 32.9 Å². The van der Waals surface area contributed by atoms with E-state index in [1.807, 2.05) is 18.3 Å². The van der Waals surface area contributed by atoms with Gasteiger partial charge >= 0.3 is 0 Å². The Morgan fingerprint density at radius 1 is 1.10 bits per heavy atom. The third-order valence-corrected chi connectivity index (χ3v) is 6.30. The molecule has 1 aliphatic heterocycles. The van der Waals surface area contributed by atoms with Crippen LogP contribution >= 0.6 is 12.2 Å². The lowest BCUT2D eigenvalue weighted by Gasteiger charge is -2.27. The summed E-state index contributed by atoms with van der Waals surface area (Å²) in [4.78, 5) is 9.01. The Kier molecular flexibility index (Phi) is 5.52. The molecule has 2 atom stereocenters. The Morgan fingerprint density at radius 3 is 2.43 bits per heavy atom. The first kappa shape index (κ1) is 20.4. The predicted octanol–water partition coefficient (Wildman–Crippen LogP) is 4.55. The van der Waals surface area contributed by atoms with Crippen molar-refractivity contribution in [3.63, 3.8) is 0 Å². The molecule has 5 nitrogen and oxygen atoms in total. The molecule has 1 aromatic carbocycles. The maximum Gasteiger partial charge on any atom is 0.170 e. The average molecular weight is 420 g/mol. The molecule has 156 valence electrons. The molecule has 1 fully saturated rings. The molecule has 3 heterocycles. The molecule has 0 radical (unpaired) electrons. The van der Waals surface area contributed by atoms with E-state index in [0.29, 0.717) is 0 Å².